The molecule has 0 unspecified atom stereocenters. The van der Waals surface area contributed by atoms with Crippen molar-refractivity contribution in [2.24, 2.45) is 5.10 Å². The lowest BCUT2D eigenvalue weighted by Gasteiger charge is -2.07. The Balaban J connectivity index is 2.05. The molecule has 3 nitrogen and oxygen atoms in total. The van der Waals surface area contributed by atoms with Crippen LogP contribution >= 0.6 is 27.3 Å². The number of thiophene rings is 1. The number of rotatable bonds is 3. The third kappa shape index (κ3) is 4.40. The molecule has 0 saturated heterocycles. The number of carbonyl (C=O) groups excluding carboxylic acids is 1. The first-order valence-electron chi connectivity index (χ1n) is 5.61. The SMILES string of the molecule is O=C(NN=Cc1cc(Br)cs1)c1cccc(C(F)(F)F)c1. The highest BCUT2D eigenvalue weighted by Gasteiger charge is 2.30. The van der Waals surface area contributed by atoms with Crippen LogP contribution in [0.1, 0.15) is 20.8 Å². The van der Waals surface area contributed by atoms with E-state index in [2.05, 4.69) is 26.5 Å². The molecule has 0 atom stereocenters. The van der Waals surface area contributed by atoms with Crippen molar-refractivity contribution in [2.75, 3.05) is 0 Å². The van der Waals surface area contributed by atoms with Crippen LogP contribution in [0, 0.1) is 0 Å². The molecule has 0 aliphatic heterocycles. The highest BCUT2D eigenvalue weighted by Crippen LogP contribution is 2.29. The summed E-state index contributed by atoms with van der Waals surface area (Å²) in [5, 5.41) is 5.55. The fourth-order valence-electron chi connectivity index (χ4n) is 1.45. The van der Waals surface area contributed by atoms with Crippen molar-refractivity contribution in [1.82, 2.24) is 5.43 Å². The highest BCUT2D eigenvalue weighted by atomic mass is 79.9. The van der Waals surface area contributed by atoms with Gasteiger partial charge in [-0.3, -0.25) is 4.79 Å². The molecule has 0 fully saturated rings. The lowest BCUT2D eigenvalue weighted by molar-refractivity contribution is -0.137. The maximum atomic E-state index is 12.5. The van der Waals surface area contributed by atoms with Crippen molar-refractivity contribution in [2.45, 2.75) is 6.18 Å². The van der Waals surface area contributed by atoms with E-state index in [1.165, 1.54) is 29.7 Å². The third-order valence-electron chi connectivity index (χ3n) is 2.40. The van der Waals surface area contributed by atoms with Crippen molar-refractivity contribution in [1.29, 1.82) is 0 Å². The Morgan fingerprint density at radius 2 is 2.10 bits per heavy atom. The van der Waals surface area contributed by atoms with Gasteiger partial charge in [-0.15, -0.1) is 11.3 Å². The van der Waals surface area contributed by atoms with E-state index in [1.807, 2.05) is 5.38 Å². The normalized spacial score (nSPS) is 11.8. The van der Waals surface area contributed by atoms with E-state index < -0.39 is 17.6 Å². The van der Waals surface area contributed by atoms with Crippen LogP contribution in [0.2, 0.25) is 0 Å². The Bertz CT molecular complexity index is 682. The maximum absolute atomic E-state index is 12.5. The molecular weight excluding hydrogens is 369 g/mol. The fraction of sp³-hybridized carbons (Fsp3) is 0.0769. The van der Waals surface area contributed by atoms with Crippen molar-refractivity contribution in [3.63, 3.8) is 0 Å². The standard InChI is InChI=1S/C13H8BrF3N2OS/c14-10-5-11(21-7-10)6-18-19-12(20)8-2-1-3-9(4-8)13(15,16)17/h1-7H,(H,19,20). The van der Waals surface area contributed by atoms with Crippen molar-refractivity contribution < 1.29 is 18.0 Å². The Morgan fingerprint density at radius 1 is 1.33 bits per heavy atom. The average Bonchev–Trinajstić information content (AvgIpc) is 2.83. The molecule has 0 spiro atoms. The van der Waals surface area contributed by atoms with Gasteiger partial charge in [0.1, 0.15) is 0 Å². The second-order valence-electron chi connectivity index (χ2n) is 3.94. The molecule has 0 aliphatic rings. The minimum atomic E-state index is -4.48. The molecule has 8 heteroatoms. The molecule has 1 heterocycles. The topological polar surface area (TPSA) is 41.5 Å². The van der Waals surface area contributed by atoms with Gasteiger partial charge in [0, 0.05) is 20.3 Å². The number of carbonyl (C=O) groups is 1. The number of alkyl halides is 3. The van der Waals surface area contributed by atoms with Gasteiger partial charge in [0.15, 0.2) is 0 Å². The molecule has 1 amide bonds. The van der Waals surface area contributed by atoms with Crippen molar-refractivity contribution in [3.8, 4) is 0 Å². The smallest absolute Gasteiger partial charge is 0.267 e. The quantitative estimate of drug-likeness (QED) is 0.629. The van der Waals surface area contributed by atoms with Gasteiger partial charge >= 0.3 is 6.18 Å². The largest absolute Gasteiger partial charge is 0.416 e. The number of nitrogens with zero attached hydrogens (tertiary/aromatic N) is 1. The van der Waals surface area contributed by atoms with Crippen LogP contribution in [0.3, 0.4) is 0 Å². The second kappa shape index (κ2) is 6.40. The fourth-order valence-corrected chi connectivity index (χ4v) is 2.76. The molecule has 1 aromatic carbocycles. The molecule has 110 valence electrons. The van der Waals surface area contributed by atoms with Gasteiger partial charge in [-0.1, -0.05) is 6.07 Å². The summed E-state index contributed by atoms with van der Waals surface area (Å²) in [5.41, 5.74) is 1.21. The molecule has 1 aromatic heterocycles. The summed E-state index contributed by atoms with van der Waals surface area (Å²) in [6.07, 6.45) is -3.07. The van der Waals surface area contributed by atoms with E-state index in [0.717, 1.165) is 21.5 Å². The molecule has 0 bridgehead atoms. The Morgan fingerprint density at radius 3 is 2.71 bits per heavy atom. The molecule has 1 N–H and O–H groups in total. The summed E-state index contributed by atoms with van der Waals surface area (Å²) in [7, 11) is 0. The number of benzene rings is 1. The lowest BCUT2D eigenvalue weighted by Crippen LogP contribution is -2.18. The molecule has 0 radical (unpaired) electrons. The van der Waals surface area contributed by atoms with Crippen LogP contribution in [0.4, 0.5) is 13.2 Å². The Hall–Kier alpha value is -1.67. The third-order valence-corrected chi connectivity index (χ3v) is 4.03. The van der Waals surface area contributed by atoms with Crippen LogP contribution in [-0.2, 0) is 6.18 Å². The van der Waals surface area contributed by atoms with Gasteiger partial charge in [0.2, 0.25) is 0 Å². The molecule has 0 saturated carbocycles. The highest BCUT2D eigenvalue weighted by molar-refractivity contribution is 9.10. The van der Waals surface area contributed by atoms with E-state index in [1.54, 1.807) is 6.07 Å². The van der Waals surface area contributed by atoms with Gasteiger partial charge < -0.3 is 0 Å². The van der Waals surface area contributed by atoms with Crippen molar-refractivity contribution >= 4 is 39.4 Å². The van der Waals surface area contributed by atoms with Crippen LogP contribution < -0.4 is 5.43 Å². The van der Waals surface area contributed by atoms with E-state index in [-0.39, 0.29) is 5.56 Å². The lowest BCUT2D eigenvalue weighted by atomic mass is 10.1. The summed E-state index contributed by atoms with van der Waals surface area (Å²) >= 11 is 4.68. The summed E-state index contributed by atoms with van der Waals surface area (Å²) in [5.74, 6) is -0.701. The average molecular weight is 377 g/mol. The number of hydrogen-bond acceptors (Lipinski definition) is 3. The maximum Gasteiger partial charge on any atom is 0.416 e. The van der Waals surface area contributed by atoms with E-state index in [0.29, 0.717) is 0 Å². The number of hydrazone groups is 1. The van der Waals surface area contributed by atoms with Gasteiger partial charge in [0.25, 0.3) is 5.91 Å². The monoisotopic (exact) mass is 376 g/mol. The van der Waals surface area contributed by atoms with Gasteiger partial charge in [-0.2, -0.15) is 18.3 Å². The Labute approximate surface area is 130 Å². The van der Waals surface area contributed by atoms with Gasteiger partial charge in [-0.25, -0.2) is 5.43 Å². The first kappa shape index (κ1) is 15.7. The molecule has 2 rings (SSSR count). The van der Waals surface area contributed by atoms with E-state index in [9.17, 15) is 18.0 Å². The van der Waals surface area contributed by atoms with E-state index >= 15 is 0 Å². The zero-order chi connectivity index (χ0) is 15.5. The minimum Gasteiger partial charge on any atom is -0.267 e. The summed E-state index contributed by atoms with van der Waals surface area (Å²) in [6.45, 7) is 0. The zero-order valence-electron chi connectivity index (χ0n) is 10.3. The zero-order valence-corrected chi connectivity index (χ0v) is 12.7. The number of nitrogens with one attached hydrogen (secondary N) is 1. The number of halogens is 4. The number of amides is 1. The molecule has 0 aliphatic carbocycles. The first-order chi connectivity index (χ1) is 9.86. The van der Waals surface area contributed by atoms with E-state index in [4.69, 9.17) is 0 Å². The predicted molar refractivity (Wildman–Crippen MR) is 78.5 cm³/mol. The first-order valence-corrected chi connectivity index (χ1v) is 7.28. The van der Waals surface area contributed by atoms with Crippen LogP contribution in [0.25, 0.3) is 0 Å². The second-order valence-corrected chi connectivity index (χ2v) is 5.80. The van der Waals surface area contributed by atoms with Crippen molar-refractivity contribution in [3.05, 3.63) is 56.2 Å². The van der Waals surface area contributed by atoms with Gasteiger partial charge in [-0.05, 0) is 40.2 Å². The summed E-state index contributed by atoms with van der Waals surface area (Å²) in [4.78, 5) is 12.5. The predicted octanol–water partition coefficient (Wildman–Crippen LogP) is 4.29. The molecule has 2 aromatic rings. The molecular formula is C13H8BrF3N2OS. The minimum absolute atomic E-state index is 0.102. The summed E-state index contributed by atoms with van der Waals surface area (Å²) in [6, 6.07) is 5.96. The summed E-state index contributed by atoms with van der Waals surface area (Å²) < 4.78 is 38.5. The van der Waals surface area contributed by atoms with Crippen LogP contribution in [-0.4, -0.2) is 12.1 Å². The molecule has 21 heavy (non-hydrogen) atoms. The number of hydrogen-bond donors (Lipinski definition) is 1. The van der Waals surface area contributed by atoms with Crippen LogP contribution in [0.15, 0.2) is 45.3 Å². The van der Waals surface area contributed by atoms with Crippen LogP contribution in [0.5, 0.6) is 0 Å². The Kier molecular flexibility index (Phi) is 4.79. The van der Waals surface area contributed by atoms with Gasteiger partial charge in [0.05, 0.1) is 11.8 Å².